The fourth-order valence-corrected chi connectivity index (χ4v) is 6.05. The molecule has 320 valence electrons. The average molecular weight is 838 g/mol. The van der Waals surface area contributed by atoms with Gasteiger partial charge in [-0.1, -0.05) is 36.6 Å². The molecule has 6 atom stereocenters. The summed E-state index contributed by atoms with van der Waals surface area (Å²) in [6, 6.07) is 4.98. The molecular weight excluding hydrogens is 786 g/mol. The molecule has 0 aliphatic carbocycles. The van der Waals surface area contributed by atoms with Crippen LogP contribution in [0.15, 0.2) is 24.3 Å². The smallest absolute Gasteiger partial charge is 0.366 e. The van der Waals surface area contributed by atoms with E-state index in [-0.39, 0.29) is 25.4 Å². The van der Waals surface area contributed by atoms with Gasteiger partial charge in [0.05, 0.1) is 39.1 Å². The van der Waals surface area contributed by atoms with Crippen molar-refractivity contribution < 1.29 is 71.5 Å². The van der Waals surface area contributed by atoms with Crippen LogP contribution in [0.3, 0.4) is 0 Å². The second-order valence-corrected chi connectivity index (χ2v) is 13.6. The molecule has 1 heterocycles. The van der Waals surface area contributed by atoms with E-state index in [0.717, 1.165) is 34.8 Å². The molecule has 3 N–H and O–H groups in total. The first-order valence-corrected chi connectivity index (χ1v) is 18.9. The second kappa shape index (κ2) is 25.2. The van der Waals surface area contributed by atoms with E-state index in [4.69, 9.17) is 51.2 Å². The van der Waals surface area contributed by atoms with Gasteiger partial charge >= 0.3 is 29.8 Å². The molecule has 1 aliphatic rings. The van der Waals surface area contributed by atoms with Gasteiger partial charge in [-0.15, -0.1) is 12.3 Å². The highest BCUT2D eigenvalue weighted by molar-refractivity contribution is 6.30. The molecule has 1 aliphatic heterocycles. The molecule has 0 saturated carbocycles. The number of hydrogen-bond donors (Lipinski definition) is 3. The van der Waals surface area contributed by atoms with Crippen LogP contribution in [0.25, 0.3) is 0 Å². The monoisotopic (exact) mass is 837 g/mol. The molecule has 0 radical (unpaired) electrons. The predicted octanol–water partition coefficient (Wildman–Crippen LogP) is 1.61. The van der Waals surface area contributed by atoms with Crippen LogP contribution in [-0.2, 0) is 77.9 Å². The van der Waals surface area contributed by atoms with Crippen LogP contribution in [0.2, 0.25) is 5.02 Å². The molecule has 1 saturated heterocycles. The van der Waals surface area contributed by atoms with Crippen molar-refractivity contribution in [1.82, 2.24) is 16.0 Å². The van der Waals surface area contributed by atoms with Crippen LogP contribution in [0.1, 0.15) is 78.2 Å². The average Bonchev–Trinajstić information content (AvgIpc) is 3.15. The summed E-state index contributed by atoms with van der Waals surface area (Å²) in [5.74, 6) is -6.09. The quantitative estimate of drug-likeness (QED) is 0.0615. The standard InChI is InChI=1S/C39H52ClN3O15/c1-7-8-13-32(48)41-18-11-9-10-12-19-54-39(38(51)52-6)21-30(55-25(3)45)35(43-34(50)23-53-24(2)44)37(58-39)36(57-27(5)47)31(56-26(4)46)22-42-33(49)20-28-14-16-29(40)17-15-28/h1,14-17,30-31,35-37H,8-13,18-23H2,2-6H3,(H,41,48)(H,42,49)(H,43,50)/t30-,31+,35+,36+,37+,39+/m0/s1. The lowest BCUT2D eigenvalue weighted by atomic mass is 9.87. The van der Waals surface area contributed by atoms with Gasteiger partial charge in [-0.2, -0.15) is 0 Å². The predicted molar refractivity (Wildman–Crippen MR) is 203 cm³/mol. The Hall–Kier alpha value is -5.25. The molecule has 1 aromatic rings. The molecule has 2 rings (SSSR count). The first-order valence-electron chi connectivity index (χ1n) is 18.6. The Kier molecular flexibility index (Phi) is 21.2. The number of benzene rings is 1. The van der Waals surface area contributed by atoms with Gasteiger partial charge in [0.1, 0.15) is 12.2 Å². The number of ether oxygens (including phenoxy) is 7. The van der Waals surface area contributed by atoms with Gasteiger partial charge in [-0.25, -0.2) is 4.79 Å². The van der Waals surface area contributed by atoms with E-state index < -0.39 is 97.5 Å². The number of esters is 5. The Bertz CT molecular complexity index is 1630. The molecule has 0 aromatic heterocycles. The zero-order valence-electron chi connectivity index (χ0n) is 33.3. The Labute approximate surface area is 342 Å². The lowest BCUT2D eigenvalue weighted by Gasteiger charge is -2.48. The van der Waals surface area contributed by atoms with Crippen molar-refractivity contribution >= 4 is 59.2 Å². The SMILES string of the molecule is C#CCCC(=O)NCCCCCCO[C@]1(C(=O)OC)C[C@H](OC(C)=O)[C@@H](NC(=O)COC(C)=O)[C@H]([C@H](OC(C)=O)[C@@H](CNC(=O)Cc2ccc(Cl)cc2)OC(C)=O)O1. The van der Waals surface area contributed by atoms with Crippen molar-refractivity contribution in [2.75, 3.05) is 33.4 Å². The van der Waals surface area contributed by atoms with Crippen LogP contribution in [0.4, 0.5) is 0 Å². The molecular formula is C39H52ClN3O15. The van der Waals surface area contributed by atoms with Gasteiger partial charge in [-0.3, -0.25) is 33.6 Å². The second-order valence-electron chi connectivity index (χ2n) is 13.2. The summed E-state index contributed by atoms with van der Waals surface area (Å²) >= 11 is 5.96. The largest absolute Gasteiger partial charge is 0.465 e. The van der Waals surface area contributed by atoms with Crippen LogP contribution < -0.4 is 16.0 Å². The van der Waals surface area contributed by atoms with Crippen molar-refractivity contribution in [3.8, 4) is 12.3 Å². The van der Waals surface area contributed by atoms with Crippen molar-refractivity contribution in [1.29, 1.82) is 0 Å². The van der Waals surface area contributed by atoms with E-state index in [1.165, 1.54) is 0 Å². The van der Waals surface area contributed by atoms with Crippen LogP contribution >= 0.6 is 11.6 Å². The maximum absolute atomic E-state index is 13.6. The molecule has 58 heavy (non-hydrogen) atoms. The summed E-state index contributed by atoms with van der Waals surface area (Å²) in [4.78, 5) is 101. The molecule has 0 unspecified atom stereocenters. The molecule has 3 amide bonds. The van der Waals surface area contributed by atoms with E-state index in [9.17, 15) is 38.4 Å². The highest BCUT2D eigenvalue weighted by atomic mass is 35.5. The lowest BCUT2D eigenvalue weighted by molar-refractivity contribution is -0.313. The first kappa shape index (κ1) is 48.9. The molecule has 1 fully saturated rings. The van der Waals surface area contributed by atoms with Gasteiger partial charge in [-0.05, 0) is 30.5 Å². The van der Waals surface area contributed by atoms with Crippen LogP contribution in [0.5, 0.6) is 0 Å². The maximum Gasteiger partial charge on any atom is 0.366 e. The lowest BCUT2D eigenvalue weighted by Crippen LogP contribution is -2.70. The van der Waals surface area contributed by atoms with E-state index in [1.807, 2.05) is 0 Å². The Morgan fingerprint density at radius 3 is 2.16 bits per heavy atom. The zero-order valence-corrected chi connectivity index (χ0v) is 34.0. The summed E-state index contributed by atoms with van der Waals surface area (Å²) in [5.41, 5.74) is 0.598. The molecule has 1 aromatic carbocycles. The van der Waals surface area contributed by atoms with Crippen molar-refractivity contribution in [2.24, 2.45) is 0 Å². The number of nitrogens with one attached hydrogen (secondary N) is 3. The molecule has 0 spiro atoms. The number of methoxy groups -OCH3 is 1. The fourth-order valence-electron chi connectivity index (χ4n) is 5.92. The third-order valence-electron chi connectivity index (χ3n) is 8.41. The normalized spacial score (nSPS) is 19.5. The van der Waals surface area contributed by atoms with Crippen molar-refractivity contribution in [3.05, 3.63) is 34.9 Å². The number of hydrogen-bond acceptors (Lipinski definition) is 15. The van der Waals surface area contributed by atoms with Gasteiger partial charge in [0.2, 0.25) is 11.8 Å². The van der Waals surface area contributed by atoms with Crippen molar-refractivity contribution in [3.63, 3.8) is 0 Å². The fraction of sp³-hybridized carbons (Fsp3) is 0.590. The number of carbonyl (C=O) groups excluding carboxylic acids is 8. The minimum Gasteiger partial charge on any atom is -0.465 e. The number of amides is 3. The third-order valence-corrected chi connectivity index (χ3v) is 8.66. The Morgan fingerprint density at radius 2 is 1.55 bits per heavy atom. The minimum atomic E-state index is -2.36. The summed E-state index contributed by atoms with van der Waals surface area (Å²) in [6.45, 7) is 3.29. The molecule has 0 bridgehead atoms. The first-order chi connectivity index (χ1) is 27.5. The summed E-state index contributed by atoms with van der Waals surface area (Å²) in [7, 11) is 1.05. The van der Waals surface area contributed by atoms with E-state index in [0.29, 0.717) is 49.2 Å². The minimum absolute atomic E-state index is 0.112. The Balaban J connectivity index is 2.51. The Morgan fingerprint density at radius 1 is 0.879 bits per heavy atom. The third kappa shape index (κ3) is 17.5. The summed E-state index contributed by atoms with van der Waals surface area (Å²) in [6.07, 6.45) is 0.867. The number of terminal acetylenes is 1. The number of unbranched alkanes of at least 4 members (excludes halogenated alkanes) is 3. The van der Waals surface area contributed by atoms with Crippen LogP contribution in [0, 0.1) is 12.3 Å². The highest BCUT2D eigenvalue weighted by Crippen LogP contribution is 2.37. The van der Waals surface area contributed by atoms with Gasteiger partial charge in [0.15, 0.2) is 18.8 Å². The molecule has 19 heteroatoms. The van der Waals surface area contributed by atoms with E-state index in [2.05, 4.69) is 21.9 Å². The highest BCUT2D eigenvalue weighted by Gasteiger charge is 2.59. The van der Waals surface area contributed by atoms with Gasteiger partial charge in [0, 0.05) is 52.1 Å². The topological polar surface area (TPSA) is 237 Å². The number of halogens is 1. The van der Waals surface area contributed by atoms with Crippen molar-refractivity contribution in [2.45, 2.75) is 115 Å². The van der Waals surface area contributed by atoms with E-state index in [1.54, 1.807) is 24.3 Å². The number of carbonyl (C=O) groups is 8. The van der Waals surface area contributed by atoms with E-state index >= 15 is 0 Å². The van der Waals surface area contributed by atoms with Gasteiger partial charge in [0.25, 0.3) is 11.7 Å². The summed E-state index contributed by atoms with van der Waals surface area (Å²) < 4.78 is 39.2. The number of rotatable bonds is 23. The summed E-state index contributed by atoms with van der Waals surface area (Å²) in [5, 5.41) is 8.42. The zero-order chi connectivity index (χ0) is 43.3. The van der Waals surface area contributed by atoms with Gasteiger partial charge < -0.3 is 49.1 Å². The van der Waals surface area contributed by atoms with Crippen LogP contribution in [-0.4, -0.2) is 117 Å². The molecule has 18 nitrogen and oxygen atoms in total. The maximum atomic E-state index is 13.6.